The van der Waals surface area contributed by atoms with E-state index < -0.39 is 6.43 Å². The third kappa shape index (κ3) is 4.40. The van der Waals surface area contributed by atoms with Crippen LogP contribution in [-0.4, -0.2) is 18.3 Å². The minimum absolute atomic E-state index is 0.0312. The molecule has 0 aromatic heterocycles. The van der Waals surface area contributed by atoms with E-state index in [0.29, 0.717) is 6.42 Å². The summed E-state index contributed by atoms with van der Waals surface area (Å²) in [7, 11) is 0. The fourth-order valence-electron chi connectivity index (χ4n) is 1.75. The molecule has 96 valence electrons. The molecular formula is C13H19F2NO. The van der Waals surface area contributed by atoms with Crippen molar-refractivity contribution in [1.82, 2.24) is 5.32 Å². The standard InChI is InChI=1S/C13H19F2NO/c1-2-7-16-12(6-8-17)10-4-3-5-11(9-10)13(14)15/h3-5,9,12-13,16-17H,2,6-8H2,1H3. The van der Waals surface area contributed by atoms with Crippen LogP contribution in [0.15, 0.2) is 24.3 Å². The van der Waals surface area contributed by atoms with Gasteiger partial charge in [-0.2, -0.15) is 0 Å². The molecule has 0 saturated heterocycles. The van der Waals surface area contributed by atoms with E-state index in [4.69, 9.17) is 5.11 Å². The van der Waals surface area contributed by atoms with E-state index in [-0.39, 0.29) is 18.2 Å². The maximum Gasteiger partial charge on any atom is 0.263 e. The topological polar surface area (TPSA) is 32.3 Å². The number of rotatable bonds is 7. The Labute approximate surface area is 101 Å². The Morgan fingerprint density at radius 2 is 2.00 bits per heavy atom. The lowest BCUT2D eigenvalue weighted by Crippen LogP contribution is -2.23. The van der Waals surface area contributed by atoms with Crippen molar-refractivity contribution in [2.24, 2.45) is 0 Å². The number of halogens is 2. The van der Waals surface area contributed by atoms with Crippen LogP contribution in [0.4, 0.5) is 8.78 Å². The van der Waals surface area contributed by atoms with Gasteiger partial charge in [0.15, 0.2) is 0 Å². The zero-order valence-electron chi connectivity index (χ0n) is 10.00. The number of nitrogens with one attached hydrogen (secondary N) is 1. The van der Waals surface area contributed by atoms with Crippen LogP contribution in [0.3, 0.4) is 0 Å². The second kappa shape index (κ2) is 7.35. The molecule has 0 spiro atoms. The third-order valence-corrected chi connectivity index (χ3v) is 2.62. The molecule has 2 N–H and O–H groups in total. The second-order valence-electron chi connectivity index (χ2n) is 3.99. The normalized spacial score (nSPS) is 13.0. The molecule has 1 rings (SSSR count). The van der Waals surface area contributed by atoms with Gasteiger partial charge in [-0.3, -0.25) is 0 Å². The molecular weight excluding hydrogens is 224 g/mol. The van der Waals surface area contributed by atoms with Gasteiger partial charge in [-0.05, 0) is 31.0 Å². The molecule has 1 aromatic rings. The fourth-order valence-corrected chi connectivity index (χ4v) is 1.75. The van der Waals surface area contributed by atoms with Gasteiger partial charge in [0, 0.05) is 18.2 Å². The summed E-state index contributed by atoms with van der Waals surface area (Å²) in [6.45, 7) is 2.89. The SMILES string of the molecule is CCCNC(CCO)c1cccc(C(F)F)c1. The number of aliphatic hydroxyl groups excluding tert-OH is 1. The Hall–Kier alpha value is -1.00. The molecule has 2 nitrogen and oxygen atoms in total. The van der Waals surface area contributed by atoms with Crippen molar-refractivity contribution in [3.63, 3.8) is 0 Å². The highest BCUT2D eigenvalue weighted by atomic mass is 19.3. The van der Waals surface area contributed by atoms with Crippen molar-refractivity contribution in [3.05, 3.63) is 35.4 Å². The van der Waals surface area contributed by atoms with Crippen molar-refractivity contribution in [3.8, 4) is 0 Å². The van der Waals surface area contributed by atoms with Crippen LogP contribution in [0.1, 0.15) is 43.4 Å². The third-order valence-electron chi connectivity index (χ3n) is 2.62. The first-order valence-electron chi connectivity index (χ1n) is 5.91. The van der Waals surface area contributed by atoms with Crippen LogP contribution in [0.2, 0.25) is 0 Å². The number of hydrogen-bond donors (Lipinski definition) is 2. The first-order chi connectivity index (χ1) is 8.19. The first kappa shape index (κ1) is 14.1. The van der Waals surface area contributed by atoms with Crippen LogP contribution in [0.25, 0.3) is 0 Å². The molecule has 4 heteroatoms. The van der Waals surface area contributed by atoms with Gasteiger partial charge in [-0.1, -0.05) is 25.1 Å². The molecule has 0 radical (unpaired) electrons. The summed E-state index contributed by atoms with van der Waals surface area (Å²) >= 11 is 0. The van der Waals surface area contributed by atoms with E-state index in [9.17, 15) is 8.78 Å². The summed E-state index contributed by atoms with van der Waals surface area (Å²) < 4.78 is 25.2. The van der Waals surface area contributed by atoms with E-state index >= 15 is 0 Å². The molecule has 17 heavy (non-hydrogen) atoms. The molecule has 0 aliphatic heterocycles. The van der Waals surface area contributed by atoms with E-state index in [1.807, 2.05) is 13.0 Å². The van der Waals surface area contributed by atoms with Crippen LogP contribution in [-0.2, 0) is 0 Å². The van der Waals surface area contributed by atoms with E-state index in [1.165, 1.54) is 12.1 Å². The largest absolute Gasteiger partial charge is 0.396 e. The predicted molar refractivity (Wildman–Crippen MR) is 64.1 cm³/mol. The Balaban J connectivity index is 2.81. The summed E-state index contributed by atoms with van der Waals surface area (Å²) in [6.07, 6.45) is -0.945. The molecule has 0 fully saturated rings. The van der Waals surface area contributed by atoms with E-state index in [1.54, 1.807) is 6.07 Å². The summed E-state index contributed by atoms with van der Waals surface area (Å²) in [5.74, 6) is 0. The van der Waals surface area contributed by atoms with Gasteiger partial charge in [0.25, 0.3) is 6.43 Å². The lowest BCUT2D eigenvalue weighted by atomic mass is 10.0. The monoisotopic (exact) mass is 243 g/mol. The quantitative estimate of drug-likeness (QED) is 0.771. The number of aliphatic hydroxyl groups is 1. The zero-order chi connectivity index (χ0) is 12.7. The van der Waals surface area contributed by atoms with Crippen LogP contribution >= 0.6 is 0 Å². The highest BCUT2D eigenvalue weighted by molar-refractivity contribution is 5.26. The van der Waals surface area contributed by atoms with Crippen molar-refractivity contribution in [2.45, 2.75) is 32.2 Å². The van der Waals surface area contributed by atoms with Gasteiger partial charge in [-0.15, -0.1) is 0 Å². The molecule has 1 unspecified atom stereocenters. The smallest absolute Gasteiger partial charge is 0.263 e. The van der Waals surface area contributed by atoms with Gasteiger partial charge in [0.2, 0.25) is 0 Å². The average molecular weight is 243 g/mol. The lowest BCUT2D eigenvalue weighted by molar-refractivity contribution is 0.151. The Bertz CT molecular complexity index is 331. The Kier molecular flexibility index (Phi) is 6.08. The van der Waals surface area contributed by atoms with Gasteiger partial charge in [0.1, 0.15) is 0 Å². The molecule has 0 amide bonds. The predicted octanol–water partition coefficient (Wildman–Crippen LogP) is 3.05. The van der Waals surface area contributed by atoms with E-state index in [2.05, 4.69) is 5.32 Å². The van der Waals surface area contributed by atoms with Gasteiger partial charge >= 0.3 is 0 Å². The zero-order valence-corrected chi connectivity index (χ0v) is 10.00. The van der Waals surface area contributed by atoms with Crippen molar-refractivity contribution in [1.29, 1.82) is 0 Å². The van der Waals surface area contributed by atoms with Crippen molar-refractivity contribution >= 4 is 0 Å². The number of alkyl halides is 2. The number of hydrogen-bond acceptors (Lipinski definition) is 2. The molecule has 0 aliphatic carbocycles. The maximum atomic E-state index is 12.6. The van der Waals surface area contributed by atoms with Crippen LogP contribution in [0.5, 0.6) is 0 Å². The summed E-state index contributed by atoms with van der Waals surface area (Å²) in [5.41, 5.74) is 0.842. The Morgan fingerprint density at radius 3 is 2.59 bits per heavy atom. The highest BCUT2D eigenvalue weighted by Gasteiger charge is 2.13. The average Bonchev–Trinajstić information content (AvgIpc) is 2.34. The summed E-state index contributed by atoms with van der Waals surface area (Å²) in [6, 6.07) is 6.32. The van der Waals surface area contributed by atoms with Gasteiger partial charge < -0.3 is 10.4 Å². The van der Waals surface area contributed by atoms with Crippen LogP contribution < -0.4 is 5.32 Å². The van der Waals surface area contributed by atoms with E-state index in [0.717, 1.165) is 18.5 Å². The minimum atomic E-state index is -2.45. The Morgan fingerprint density at radius 1 is 1.29 bits per heavy atom. The maximum absolute atomic E-state index is 12.6. The minimum Gasteiger partial charge on any atom is -0.396 e. The van der Waals surface area contributed by atoms with Crippen molar-refractivity contribution < 1.29 is 13.9 Å². The molecule has 0 aliphatic rings. The first-order valence-corrected chi connectivity index (χ1v) is 5.91. The summed E-state index contributed by atoms with van der Waals surface area (Å²) in [5, 5.41) is 12.2. The second-order valence-corrected chi connectivity index (χ2v) is 3.99. The highest BCUT2D eigenvalue weighted by Crippen LogP contribution is 2.23. The number of benzene rings is 1. The fraction of sp³-hybridized carbons (Fsp3) is 0.538. The summed E-state index contributed by atoms with van der Waals surface area (Å²) in [4.78, 5) is 0. The molecule has 0 heterocycles. The van der Waals surface area contributed by atoms with Gasteiger partial charge in [0.05, 0.1) is 0 Å². The van der Waals surface area contributed by atoms with Crippen molar-refractivity contribution in [2.75, 3.05) is 13.2 Å². The molecule has 1 aromatic carbocycles. The molecule has 1 atom stereocenters. The molecule has 0 saturated carbocycles. The van der Waals surface area contributed by atoms with Crippen LogP contribution in [0, 0.1) is 0 Å². The lowest BCUT2D eigenvalue weighted by Gasteiger charge is -2.18. The molecule has 0 bridgehead atoms. The van der Waals surface area contributed by atoms with Gasteiger partial charge in [-0.25, -0.2) is 8.78 Å².